The van der Waals surface area contributed by atoms with Gasteiger partial charge in [0.1, 0.15) is 17.2 Å². The Hall–Kier alpha value is -2.05. The van der Waals surface area contributed by atoms with Crippen molar-refractivity contribution >= 4 is 11.5 Å². The number of halogens is 1. The molecule has 2 aromatic rings. The van der Waals surface area contributed by atoms with Crippen LogP contribution >= 0.6 is 0 Å². The van der Waals surface area contributed by atoms with Crippen LogP contribution in [0.3, 0.4) is 0 Å². The zero-order chi connectivity index (χ0) is 18.9. The van der Waals surface area contributed by atoms with E-state index in [0.717, 1.165) is 48.6 Å². The lowest BCUT2D eigenvalue weighted by atomic mass is 10.0. The average Bonchev–Trinajstić information content (AvgIpc) is 3.03. The van der Waals surface area contributed by atoms with E-state index >= 15 is 0 Å². The van der Waals surface area contributed by atoms with Crippen molar-refractivity contribution in [1.82, 2.24) is 0 Å². The Morgan fingerprint density at radius 1 is 1.04 bits per heavy atom. The molecule has 2 aliphatic heterocycles. The SMILES string of the molecule is CCOc1ccc(N2CC(O)(c3ccc(OC)cc3)[N+]3=C2CCCC3)cc1.[Br-]. The number of amidine groups is 1. The number of nitrogens with zero attached hydrogens (tertiary/aromatic N) is 2. The predicted octanol–water partition coefficient (Wildman–Crippen LogP) is 0.358. The number of methoxy groups -OCH3 is 1. The lowest BCUT2D eigenvalue weighted by Crippen LogP contribution is -3.00. The summed E-state index contributed by atoms with van der Waals surface area (Å²) in [5.74, 6) is 2.87. The number of ether oxygens (including phenoxy) is 2. The minimum absolute atomic E-state index is 0. The fraction of sp³-hybridized carbons (Fsp3) is 0.409. The highest BCUT2D eigenvalue weighted by molar-refractivity contribution is 5.96. The van der Waals surface area contributed by atoms with Gasteiger partial charge in [0, 0.05) is 12.0 Å². The average molecular weight is 447 g/mol. The van der Waals surface area contributed by atoms with Gasteiger partial charge in [-0.2, -0.15) is 0 Å². The molecule has 0 bridgehead atoms. The van der Waals surface area contributed by atoms with E-state index in [9.17, 15) is 5.11 Å². The Labute approximate surface area is 177 Å². The zero-order valence-electron chi connectivity index (χ0n) is 16.4. The van der Waals surface area contributed by atoms with Gasteiger partial charge in [0.05, 0.1) is 20.3 Å². The summed E-state index contributed by atoms with van der Waals surface area (Å²) in [4.78, 5) is 2.25. The van der Waals surface area contributed by atoms with Gasteiger partial charge in [-0.1, -0.05) is 0 Å². The number of aliphatic hydroxyl groups is 1. The Morgan fingerprint density at radius 2 is 1.71 bits per heavy atom. The summed E-state index contributed by atoms with van der Waals surface area (Å²) < 4.78 is 13.0. The molecule has 0 radical (unpaired) electrons. The third kappa shape index (κ3) is 3.63. The second-order valence-corrected chi connectivity index (χ2v) is 7.08. The van der Waals surface area contributed by atoms with Gasteiger partial charge in [-0.25, -0.2) is 9.48 Å². The smallest absolute Gasteiger partial charge is 0.271 e. The summed E-state index contributed by atoms with van der Waals surface area (Å²) in [5.41, 5.74) is 0.960. The molecule has 2 aromatic carbocycles. The molecule has 4 rings (SSSR count). The van der Waals surface area contributed by atoms with Crippen molar-refractivity contribution in [1.29, 1.82) is 0 Å². The van der Waals surface area contributed by atoms with E-state index in [-0.39, 0.29) is 17.0 Å². The van der Waals surface area contributed by atoms with E-state index in [1.807, 2.05) is 43.3 Å². The molecule has 0 saturated carbocycles. The largest absolute Gasteiger partial charge is 1.00 e. The van der Waals surface area contributed by atoms with Crippen LogP contribution in [0.5, 0.6) is 11.5 Å². The van der Waals surface area contributed by atoms with E-state index in [4.69, 9.17) is 9.47 Å². The first kappa shape index (κ1) is 20.7. The van der Waals surface area contributed by atoms with E-state index < -0.39 is 5.72 Å². The molecule has 2 aliphatic rings. The summed E-state index contributed by atoms with van der Waals surface area (Å²) in [6.45, 7) is 4.03. The van der Waals surface area contributed by atoms with E-state index in [1.165, 1.54) is 5.84 Å². The van der Waals surface area contributed by atoms with Crippen molar-refractivity contribution in [3.05, 3.63) is 54.1 Å². The Kier molecular flexibility index (Phi) is 6.30. The molecule has 0 aromatic heterocycles. The van der Waals surface area contributed by atoms with Gasteiger partial charge in [0.2, 0.25) is 0 Å². The molecule has 1 atom stereocenters. The first-order valence-electron chi connectivity index (χ1n) is 9.66. The monoisotopic (exact) mass is 446 g/mol. The molecule has 0 fully saturated rings. The maximum Gasteiger partial charge on any atom is 0.271 e. The number of β-amino-alcohol motifs (C(OH)–C–C–N with tert-alkyl or cyclic N) is 1. The fourth-order valence-electron chi connectivity index (χ4n) is 4.13. The number of rotatable bonds is 5. The number of hydrogen-bond donors (Lipinski definition) is 1. The normalized spacial score (nSPS) is 21.2. The van der Waals surface area contributed by atoms with Crippen LogP contribution in [0.4, 0.5) is 5.69 Å². The van der Waals surface area contributed by atoms with E-state index in [2.05, 4.69) is 21.6 Å². The molecular formula is C22H27BrN2O3. The Morgan fingerprint density at radius 3 is 2.36 bits per heavy atom. The van der Waals surface area contributed by atoms with Crippen LogP contribution in [-0.4, -0.2) is 42.3 Å². The molecule has 5 nitrogen and oxygen atoms in total. The lowest BCUT2D eigenvalue weighted by molar-refractivity contribution is -0.661. The van der Waals surface area contributed by atoms with Crippen LogP contribution < -0.4 is 31.4 Å². The Balaban J connectivity index is 0.00000225. The molecule has 1 unspecified atom stereocenters. The van der Waals surface area contributed by atoms with Crippen LogP contribution in [0.15, 0.2) is 48.5 Å². The third-order valence-electron chi connectivity index (χ3n) is 5.49. The molecule has 6 heteroatoms. The van der Waals surface area contributed by atoms with Crippen molar-refractivity contribution in [2.45, 2.75) is 31.9 Å². The van der Waals surface area contributed by atoms with Crippen molar-refractivity contribution in [2.24, 2.45) is 0 Å². The first-order valence-corrected chi connectivity index (χ1v) is 9.66. The standard InChI is InChI=1S/C22H27N2O3.BrH/c1-3-27-20-13-9-18(10-14-20)23-16-22(25,24-15-5-4-6-21(23)24)17-7-11-19(26-2)12-8-17;/h7-14,25H,3-6,15-16H2,1-2H3;1H/q+1;/p-1. The topological polar surface area (TPSA) is 44.9 Å². The van der Waals surface area contributed by atoms with Crippen LogP contribution in [-0.2, 0) is 5.72 Å². The molecule has 1 N–H and O–H groups in total. The quantitative estimate of drug-likeness (QED) is 0.673. The number of anilines is 1. The minimum atomic E-state index is -1.03. The van der Waals surface area contributed by atoms with Gasteiger partial charge in [-0.05, 0) is 68.3 Å². The maximum absolute atomic E-state index is 11.7. The molecule has 28 heavy (non-hydrogen) atoms. The summed E-state index contributed by atoms with van der Waals surface area (Å²) in [7, 11) is 1.66. The second-order valence-electron chi connectivity index (χ2n) is 7.08. The lowest BCUT2D eigenvalue weighted by Gasteiger charge is -2.24. The molecular weight excluding hydrogens is 420 g/mol. The van der Waals surface area contributed by atoms with Crippen molar-refractivity contribution < 1.29 is 36.1 Å². The number of hydrogen-bond acceptors (Lipinski definition) is 4. The van der Waals surface area contributed by atoms with Gasteiger partial charge < -0.3 is 31.6 Å². The summed E-state index contributed by atoms with van der Waals surface area (Å²) in [6.07, 6.45) is 3.23. The predicted molar refractivity (Wildman–Crippen MR) is 106 cm³/mol. The molecule has 0 amide bonds. The molecule has 2 heterocycles. The van der Waals surface area contributed by atoms with Crippen LogP contribution in [0.25, 0.3) is 0 Å². The van der Waals surface area contributed by atoms with Crippen LogP contribution in [0.2, 0.25) is 0 Å². The molecule has 0 spiro atoms. The van der Waals surface area contributed by atoms with Gasteiger partial charge in [0.15, 0.2) is 6.54 Å². The highest BCUT2D eigenvalue weighted by Gasteiger charge is 2.52. The third-order valence-corrected chi connectivity index (χ3v) is 5.49. The van der Waals surface area contributed by atoms with Gasteiger partial charge >= 0.3 is 0 Å². The summed E-state index contributed by atoms with van der Waals surface area (Å²) in [5, 5.41) is 11.7. The van der Waals surface area contributed by atoms with Crippen molar-refractivity contribution in [3.63, 3.8) is 0 Å². The highest BCUT2D eigenvalue weighted by atomic mass is 79.9. The molecule has 0 saturated heterocycles. The maximum atomic E-state index is 11.7. The fourth-order valence-corrected chi connectivity index (χ4v) is 4.13. The van der Waals surface area contributed by atoms with E-state index in [1.54, 1.807) is 7.11 Å². The number of benzene rings is 2. The van der Waals surface area contributed by atoms with Gasteiger partial charge in [0.25, 0.3) is 11.6 Å². The van der Waals surface area contributed by atoms with Crippen molar-refractivity contribution in [2.75, 3.05) is 31.7 Å². The Bertz CT molecular complexity index is 836. The summed E-state index contributed by atoms with van der Waals surface area (Å²) in [6, 6.07) is 15.9. The summed E-state index contributed by atoms with van der Waals surface area (Å²) >= 11 is 0. The van der Waals surface area contributed by atoms with Gasteiger partial charge in [-0.15, -0.1) is 0 Å². The molecule has 0 aliphatic carbocycles. The van der Waals surface area contributed by atoms with Crippen LogP contribution in [0.1, 0.15) is 31.7 Å². The zero-order valence-corrected chi connectivity index (χ0v) is 18.0. The van der Waals surface area contributed by atoms with Crippen LogP contribution in [0, 0.1) is 0 Å². The van der Waals surface area contributed by atoms with Crippen molar-refractivity contribution in [3.8, 4) is 11.5 Å². The molecule has 150 valence electrons. The highest BCUT2D eigenvalue weighted by Crippen LogP contribution is 2.36. The first-order chi connectivity index (χ1) is 13.2. The minimum Gasteiger partial charge on any atom is -1.00 e. The van der Waals surface area contributed by atoms with E-state index in [0.29, 0.717) is 13.2 Å². The van der Waals surface area contributed by atoms with Gasteiger partial charge in [-0.3, -0.25) is 0 Å². The second kappa shape index (κ2) is 8.53.